The maximum atomic E-state index is 11.5. The van der Waals surface area contributed by atoms with Gasteiger partial charge >= 0.3 is 7.12 Å². The van der Waals surface area contributed by atoms with Gasteiger partial charge in [0.05, 0.1) is 25.4 Å². The first kappa shape index (κ1) is 20.9. The van der Waals surface area contributed by atoms with E-state index in [2.05, 4.69) is 0 Å². The largest absolute Gasteiger partial charge is 0.493 e. The van der Waals surface area contributed by atoms with Crippen molar-refractivity contribution in [3.05, 3.63) is 29.2 Å². The summed E-state index contributed by atoms with van der Waals surface area (Å²) in [5.74, 6) is 1.81. The molecule has 0 aliphatic carbocycles. The van der Waals surface area contributed by atoms with E-state index >= 15 is 0 Å². The molecule has 0 aromatic heterocycles. The van der Waals surface area contributed by atoms with E-state index in [-0.39, 0.29) is 5.12 Å². The minimum absolute atomic E-state index is 0.0553. The SMILES string of the molecule is COc1ccc(C=C(CSC(C)=O)B2OC(C)(C)C(C)(C)O2)cc1OC. The van der Waals surface area contributed by atoms with Crippen LogP contribution in [0.15, 0.2) is 23.7 Å². The quantitative estimate of drug-likeness (QED) is 0.698. The summed E-state index contributed by atoms with van der Waals surface area (Å²) >= 11 is 1.24. The molecule has 0 N–H and O–H groups in total. The number of hydrogen-bond donors (Lipinski definition) is 0. The van der Waals surface area contributed by atoms with E-state index in [0.717, 1.165) is 11.0 Å². The summed E-state index contributed by atoms with van der Waals surface area (Å²) in [7, 11) is 2.71. The Kier molecular flexibility index (Phi) is 6.48. The van der Waals surface area contributed by atoms with Gasteiger partial charge < -0.3 is 18.8 Å². The molecule has 0 bridgehead atoms. The number of methoxy groups -OCH3 is 2. The molecule has 5 nitrogen and oxygen atoms in total. The monoisotopic (exact) mass is 378 g/mol. The van der Waals surface area contributed by atoms with Crippen LogP contribution in [-0.4, -0.2) is 43.4 Å². The number of ether oxygens (including phenoxy) is 2. The van der Waals surface area contributed by atoms with E-state index in [9.17, 15) is 4.79 Å². The van der Waals surface area contributed by atoms with Gasteiger partial charge in [0.1, 0.15) is 0 Å². The zero-order valence-corrected chi connectivity index (χ0v) is 17.4. The maximum absolute atomic E-state index is 11.5. The molecule has 1 aromatic carbocycles. The number of rotatable bonds is 6. The molecule has 0 radical (unpaired) electrons. The molecule has 142 valence electrons. The number of benzene rings is 1. The molecule has 1 aliphatic heterocycles. The van der Waals surface area contributed by atoms with Gasteiger partial charge in [0, 0.05) is 12.7 Å². The van der Waals surface area contributed by atoms with Crippen LogP contribution in [0.3, 0.4) is 0 Å². The second-order valence-corrected chi connectivity index (χ2v) is 8.35. The predicted molar refractivity (Wildman–Crippen MR) is 107 cm³/mol. The molecular formula is C19H27BO5S. The number of hydrogen-bond acceptors (Lipinski definition) is 6. The third-order valence-electron chi connectivity index (χ3n) is 4.76. The van der Waals surface area contributed by atoms with Gasteiger partial charge in [-0.3, -0.25) is 4.79 Å². The van der Waals surface area contributed by atoms with E-state index in [1.807, 2.05) is 52.0 Å². The molecule has 1 aromatic rings. The van der Waals surface area contributed by atoms with Gasteiger partial charge in [-0.25, -0.2) is 0 Å². The average molecular weight is 378 g/mol. The molecule has 7 heteroatoms. The van der Waals surface area contributed by atoms with Crippen LogP contribution >= 0.6 is 11.8 Å². The molecule has 1 fully saturated rings. The van der Waals surface area contributed by atoms with E-state index in [0.29, 0.717) is 17.3 Å². The van der Waals surface area contributed by atoms with Crippen LogP contribution in [0.5, 0.6) is 11.5 Å². The summed E-state index contributed by atoms with van der Waals surface area (Å²) < 4.78 is 23.0. The zero-order valence-electron chi connectivity index (χ0n) is 16.5. The fraction of sp³-hybridized carbons (Fsp3) is 0.526. The summed E-state index contributed by atoms with van der Waals surface area (Å²) in [4.78, 5) is 11.5. The van der Waals surface area contributed by atoms with E-state index in [1.54, 1.807) is 21.1 Å². The van der Waals surface area contributed by atoms with Crippen LogP contribution in [0.25, 0.3) is 6.08 Å². The van der Waals surface area contributed by atoms with Gasteiger partial charge in [0.25, 0.3) is 0 Å². The Morgan fingerprint density at radius 1 is 1.12 bits per heavy atom. The molecule has 1 aliphatic rings. The van der Waals surface area contributed by atoms with Crippen LogP contribution < -0.4 is 9.47 Å². The van der Waals surface area contributed by atoms with Crippen molar-refractivity contribution < 1.29 is 23.6 Å². The topological polar surface area (TPSA) is 54.0 Å². The molecule has 0 amide bonds. The van der Waals surface area contributed by atoms with E-state index in [1.165, 1.54) is 11.8 Å². The van der Waals surface area contributed by atoms with E-state index < -0.39 is 18.3 Å². The maximum Gasteiger partial charge on any atom is 0.491 e. The summed E-state index contributed by atoms with van der Waals surface area (Å²) in [5.41, 5.74) is 0.956. The Bertz CT molecular complexity index is 683. The van der Waals surface area contributed by atoms with Crippen molar-refractivity contribution >= 4 is 30.1 Å². The van der Waals surface area contributed by atoms with Crippen LogP contribution in [0, 0.1) is 0 Å². The number of thioether (sulfide) groups is 1. The lowest BCUT2D eigenvalue weighted by Gasteiger charge is -2.32. The molecule has 0 saturated carbocycles. The van der Waals surface area contributed by atoms with E-state index in [4.69, 9.17) is 18.8 Å². The Morgan fingerprint density at radius 2 is 1.69 bits per heavy atom. The van der Waals surface area contributed by atoms with Crippen molar-refractivity contribution in [1.82, 2.24) is 0 Å². The summed E-state index contributed by atoms with van der Waals surface area (Å²) in [6, 6.07) is 5.68. The lowest BCUT2D eigenvalue weighted by Crippen LogP contribution is -2.41. The van der Waals surface area contributed by atoms with Gasteiger partial charge in [0.2, 0.25) is 0 Å². The smallest absolute Gasteiger partial charge is 0.491 e. The first-order valence-electron chi connectivity index (χ1n) is 8.51. The highest BCUT2D eigenvalue weighted by atomic mass is 32.2. The van der Waals surface area contributed by atoms with Crippen LogP contribution in [0.4, 0.5) is 0 Å². The van der Waals surface area contributed by atoms with Gasteiger partial charge in [0.15, 0.2) is 16.6 Å². The Labute approximate surface area is 160 Å². The first-order valence-corrected chi connectivity index (χ1v) is 9.49. The minimum atomic E-state index is -0.500. The Hall–Kier alpha value is -1.44. The summed E-state index contributed by atoms with van der Waals surface area (Å²) in [5, 5.41) is 0.0553. The third kappa shape index (κ3) is 4.64. The third-order valence-corrected chi connectivity index (χ3v) is 5.64. The highest BCUT2D eigenvalue weighted by Crippen LogP contribution is 2.39. The fourth-order valence-corrected chi connectivity index (χ4v) is 3.10. The lowest BCUT2D eigenvalue weighted by atomic mass is 9.78. The average Bonchev–Trinajstić information content (AvgIpc) is 2.78. The fourth-order valence-electron chi connectivity index (χ4n) is 2.51. The molecule has 1 heterocycles. The van der Waals surface area contributed by atoms with Crippen molar-refractivity contribution in [2.75, 3.05) is 20.0 Å². The minimum Gasteiger partial charge on any atom is -0.493 e. The second-order valence-electron chi connectivity index (χ2n) is 7.20. The van der Waals surface area contributed by atoms with Gasteiger partial charge in [-0.2, -0.15) is 0 Å². The molecule has 0 unspecified atom stereocenters. The van der Waals surface area contributed by atoms with Crippen molar-refractivity contribution in [3.8, 4) is 11.5 Å². The number of carbonyl (C=O) groups is 1. The highest BCUT2D eigenvalue weighted by molar-refractivity contribution is 8.13. The van der Waals surface area contributed by atoms with Crippen molar-refractivity contribution in [3.63, 3.8) is 0 Å². The molecule has 2 rings (SSSR count). The Balaban J connectivity index is 2.36. The molecule has 0 atom stereocenters. The lowest BCUT2D eigenvalue weighted by molar-refractivity contribution is -0.109. The summed E-state index contributed by atoms with van der Waals surface area (Å²) in [6.07, 6.45) is 1.99. The van der Waals surface area contributed by atoms with Crippen LogP contribution in [0.1, 0.15) is 40.2 Å². The zero-order chi connectivity index (χ0) is 19.5. The summed E-state index contributed by atoms with van der Waals surface area (Å²) in [6.45, 7) is 9.61. The molecular weight excluding hydrogens is 351 g/mol. The standard InChI is InChI=1S/C19H27BO5S/c1-13(21)26-12-15(20-24-18(2,3)19(4,5)25-20)10-14-8-9-16(22-6)17(11-14)23-7/h8-11H,12H2,1-7H3. The van der Waals surface area contributed by atoms with Crippen molar-refractivity contribution in [2.24, 2.45) is 0 Å². The molecule has 26 heavy (non-hydrogen) atoms. The van der Waals surface area contributed by atoms with Gasteiger partial charge in [-0.05, 0) is 50.9 Å². The van der Waals surface area contributed by atoms with Crippen molar-refractivity contribution in [1.29, 1.82) is 0 Å². The van der Waals surface area contributed by atoms with Crippen molar-refractivity contribution in [2.45, 2.75) is 45.8 Å². The number of carbonyl (C=O) groups excluding carboxylic acids is 1. The first-order chi connectivity index (χ1) is 12.1. The van der Waals surface area contributed by atoms with Gasteiger partial charge in [-0.15, -0.1) is 0 Å². The van der Waals surface area contributed by atoms with Crippen LogP contribution in [0.2, 0.25) is 0 Å². The predicted octanol–water partition coefficient (Wildman–Crippen LogP) is 4.00. The highest BCUT2D eigenvalue weighted by Gasteiger charge is 2.52. The Morgan fingerprint density at radius 3 is 2.19 bits per heavy atom. The van der Waals surface area contributed by atoms with Gasteiger partial charge in [-0.1, -0.05) is 23.9 Å². The normalized spacial score (nSPS) is 18.7. The molecule has 1 saturated heterocycles. The van der Waals surface area contributed by atoms with Crippen LogP contribution in [-0.2, 0) is 14.1 Å². The molecule has 0 spiro atoms. The second kappa shape index (κ2) is 8.07.